The third-order valence-electron chi connectivity index (χ3n) is 4.19. The third-order valence-corrected chi connectivity index (χ3v) is 5.63. The van der Waals surface area contributed by atoms with Crippen molar-refractivity contribution in [2.24, 2.45) is 0 Å². The van der Waals surface area contributed by atoms with E-state index in [2.05, 4.69) is 11.4 Å². The Balaban J connectivity index is 1.70. The van der Waals surface area contributed by atoms with Crippen molar-refractivity contribution >= 4 is 51.9 Å². The van der Waals surface area contributed by atoms with Crippen LogP contribution in [0.5, 0.6) is 17.2 Å². The highest BCUT2D eigenvalue weighted by Crippen LogP contribution is 2.38. The van der Waals surface area contributed by atoms with E-state index in [4.69, 9.17) is 38.0 Å². The van der Waals surface area contributed by atoms with Crippen LogP contribution in [0.25, 0.3) is 6.08 Å². The van der Waals surface area contributed by atoms with Gasteiger partial charge in [0, 0.05) is 0 Å². The van der Waals surface area contributed by atoms with Crippen molar-refractivity contribution in [2.75, 3.05) is 19.8 Å². The normalized spacial score (nSPS) is 14.7. The van der Waals surface area contributed by atoms with Crippen molar-refractivity contribution < 1.29 is 19.0 Å². The standard InChI is InChI=1S/C22H22ClNO4S2/c1-4-26-18-11-15(12-19-21(25)24-22(29)30-19)10-16(23)20(18)28-8-7-27-17-6-5-13(2)9-14(17)3/h5-6,9-12H,4,7-8H2,1-3H3,(H,24,25,29). The number of nitrogens with one attached hydrogen (secondary N) is 1. The van der Waals surface area contributed by atoms with E-state index in [0.29, 0.717) is 45.6 Å². The SMILES string of the molecule is CCOc1cc(C=C2SC(=S)NC2=O)cc(Cl)c1OCCOc1ccc(C)cc1C. The van der Waals surface area contributed by atoms with E-state index in [-0.39, 0.29) is 5.91 Å². The first-order valence-electron chi connectivity index (χ1n) is 9.41. The van der Waals surface area contributed by atoms with Crippen molar-refractivity contribution in [1.29, 1.82) is 0 Å². The molecule has 1 fully saturated rings. The summed E-state index contributed by atoms with van der Waals surface area (Å²) in [5, 5.41) is 2.99. The number of benzene rings is 2. The molecule has 1 N–H and O–H groups in total. The fraction of sp³-hybridized carbons (Fsp3) is 0.273. The smallest absolute Gasteiger partial charge is 0.263 e. The van der Waals surface area contributed by atoms with E-state index in [1.165, 1.54) is 17.3 Å². The number of carbonyl (C=O) groups excluding carboxylic acids is 1. The molecule has 5 nitrogen and oxygen atoms in total. The van der Waals surface area contributed by atoms with Crippen molar-refractivity contribution in [3.05, 3.63) is 56.9 Å². The second-order valence-corrected chi connectivity index (χ2v) is 8.71. The van der Waals surface area contributed by atoms with Gasteiger partial charge in [0.15, 0.2) is 11.5 Å². The lowest BCUT2D eigenvalue weighted by Gasteiger charge is -2.15. The van der Waals surface area contributed by atoms with Crippen LogP contribution in [0, 0.1) is 13.8 Å². The van der Waals surface area contributed by atoms with Gasteiger partial charge in [-0.2, -0.15) is 0 Å². The monoisotopic (exact) mass is 463 g/mol. The number of aryl methyl sites for hydroxylation is 2. The Bertz CT molecular complexity index is 1010. The number of hydrogen-bond acceptors (Lipinski definition) is 6. The third kappa shape index (κ3) is 5.68. The van der Waals surface area contributed by atoms with Gasteiger partial charge in [0.2, 0.25) is 0 Å². The molecule has 2 aromatic rings. The molecule has 0 aliphatic carbocycles. The largest absolute Gasteiger partial charge is 0.490 e. The molecule has 2 aromatic carbocycles. The highest BCUT2D eigenvalue weighted by Gasteiger charge is 2.22. The van der Waals surface area contributed by atoms with Crippen molar-refractivity contribution in [3.8, 4) is 17.2 Å². The summed E-state index contributed by atoms with van der Waals surface area (Å²) in [6.07, 6.45) is 1.72. The maximum atomic E-state index is 11.9. The number of amides is 1. The summed E-state index contributed by atoms with van der Waals surface area (Å²) in [5.74, 6) is 1.56. The fourth-order valence-corrected chi connectivity index (χ4v) is 4.22. The van der Waals surface area contributed by atoms with Crippen LogP contribution in [-0.2, 0) is 4.79 Å². The van der Waals surface area contributed by atoms with Gasteiger partial charge in [0.05, 0.1) is 16.5 Å². The number of ether oxygens (including phenoxy) is 3. The summed E-state index contributed by atoms with van der Waals surface area (Å²) in [6, 6.07) is 9.55. The van der Waals surface area contributed by atoms with Gasteiger partial charge in [0.1, 0.15) is 23.3 Å². The number of thioether (sulfide) groups is 1. The summed E-state index contributed by atoms with van der Waals surface area (Å²) < 4.78 is 17.8. The van der Waals surface area contributed by atoms with E-state index in [0.717, 1.165) is 16.9 Å². The molecule has 30 heavy (non-hydrogen) atoms. The van der Waals surface area contributed by atoms with Gasteiger partial charge in [-0.25, -0.2) is 0 Å². The summed E-state index contributed by atoms with van der Waals surface area (Å²) in [4.78, 5) is 12.4. The first kappa shape index (κ1) is 22.5. The van der Waals surface area contributed by atoms with Crippen LogP contribution < -0.4 is 19.5 Å². The molecule has 158 valence electrons. The Morgan fingerprint density at radius 1 is 1.10 bits per heavy atom. The van der Waals surface area contributed by atoms with Crippen LogP contribution in [0.4, 0.5) is 0 Å². The van der Waals surface area contributed by atoms with E-state index >= 15 is 0 Å². The van der Waals surface area contributed by atoms with Crippen molar-refractivity contribution in [2.45, 2.75) is 20.8 Å². The maximum absolute atomic E-state index is 11.9. The molecule has 1 aliphatic rings. The number of thiocarbonyl (C=S) groups is 1. The second kappa shape index (κ2) is 10.2. The first-order chi connectivity index (χ1) is 14.4. The molecular formula is C22H22ClNO4S2. The molecule has 1 amide bonds. The van der Waals surface area contributed by atoms with E-state index in [1.54, 1.807) is 18.2 Å². The predicted octanol–water partition coefficient (Wildman–Crippen LogP) is 5.30. The quantitative estimate of drug-likeness (QED) is 0.325. The van der Waals surface area contributed by atoms with Crippen LogP contribution in [0.1, 0.15) is 23.6 Å². The van der Waals surface area contributed by atoms with Gasteiger partial charge in [-0.1, -0.05) is 53.3 Å². The molecule has 0 bridgehead atoms. The van der Waals surface area contributed by atoms with Crippen molar-refractivity contribution in [3.63, 3.8) is 0 Å². The van der Waals surface area contributed by atoms with Crippen LogP contribution in [-0.4, -0.2) is 30.0 Å². The molecule has 0 spiro atoms. The molecule has 1 saturated heterocycles. The zero-order valence-corrected chi connectivity index (χ0v) is 19.3. The molecule has 3 rings (SSSR count). The number of halogens is 1. The first-order valence-corrected chi connectivity index (χ1v) is 11.0. The lowest BCUT2D eigenvalue weighted by molar-refractivity contribution is -0.115. The number of carbonyl (C=O) groups is 1. The average molecular weight is 464 g/mol. The molecule has 1 aliphatic heterocycles. The number of rotatable bonds is 8. The lowest BCUT2D eigenvalue weighted by Crippen LogP contribution is -2.17. The number of hydrogen-bond donors (Lipinski definition) is 1. The van der Waals surface area contributed by atoms with Crippen LogP contribution in [0.2, 0.25) is 5.02 Å². The Labute approximate surface area is 190 Å². The average Bonchev–Trinajstić information content (AvgIpc) is 2.99. The minimum atomic E-state index is -0.219. The van der Waals surface area contributed by atoms with E-state index in [1.807, 2.05) is 32.9 Å². The Hall–Kier alpha value is -2.22. The van der Waals surface area contributed by atoms with Gasteiger partial charge in [-0.05, 0) is 56.2 Å². The molecule has 0 aromatic heterocycles. The minimum absolute atomic E-state index is 0.219. The molecular weight excluding hydrogens is 442 g/mol. The van der Waals surface area contributed by atoms with Crippen molar-refractivity contribution in [1.82, 2.24) is 5.32 Å². The second-order valence-electron chi connectivity index (χ2n) is 6.58. The van der Waals surface area contributed by atoms with Gasteiger partial charge >= 0.3 is 0 Å². The molecule has 0 radical (unpaired) electrons. The summed E-state index contributed by atoms with van der Waals surface area (Å²) >= 11 is 12.7. The Morgan fingerprint density at radius 3 is 2.53 bits per heavy atom. The lowest BCUT2D eigenvalue weighted by atomic mass is 10.1. The Kier molecular flexibility index (Phi) is 7.64. The highest BCUT2D eigenvalue weighted by atomic mass is 35.5. The summed E-state index contributed by atoms with van der Waals surface area (Å²) in [7, 11) is 0. The molecule has 0 saturated carbocycles. The molecule has 0 atom stereocenters. The van der Waals surface area contributed by atoms with Gasteiger partial charge < -0.3 is 19.5 Å². The molecule has 8 heteroatoms. The van der Waals surface area contributed by atoms with Crippen LogP contribution in [0.3, 0.4) is 0 Å². The minimum Gasteiger partial charge on any atom is -0.490 e. The fourth-order valence-electron chi connectivity index (χ4n) is 2.90. The summed E-state index contributed by atoms with van der Waals surface area (Å²) in [6.45, 7) is 7.06. The maximum Gasteiger partial charge on any atom is 0.263 e. The zero-order chi connectivity index (χ0) is 21.7. The van der Waals surface area contributed by atoms with Gasteiger partial charge in [-0.3, -0.25) is 4.79 Å². The van der Waals surface area contributed by atoms with E-state index in [9.17, 15) is 4.79 Å². The van der Waals surface area contributed by atoms with Gasteiger partial charge in [-0.15, -0.1) is 0 Å². The van der Waals surface area contributed by atoms with Gasteiger partial charge in [0.25, 0.3) is 5.91 Å². The zero-order valence-electron chi connectivity index (χ0n) is 16.9. The highest BCUT2D eigenvalue weighted by molar-refractivity contribution is 8.26. The predicted molar refractivity (Wildman–Crippen MR) is 126 cm³/mol. The Morgan fingerprint density at radius 2 is 1.87 bits per heavy atom. The topological polar surface area (TPSA) is 56.8 Å². The molecule has 1 heterocycles. The summed E-state index contributed by atoms with van der Waals surface area (Å²) in [5.41, 5.74) is 2.99. The van der Waals surface area contributed by atoms with Crippen LogP contribution in [0.15, 0.2) is 35.2 Å². The molecule has 0 unspecified atom stereocenters. The van der Waals surface area contributed by atoms with E-state index < -0.39 is 0 Å². The van der Waals surface area contributed by atoms with Crippen LogP contribution >= 0.6 is 35.6 Å².